The molecule has 0 aromatic heterocycles. The summed E-state index contributed by atoms with van der Waals surface area (Å²) in [6.45, 7) is 0. The Balaban J connectivity index is 1.69. The van der Waals surface area contributed by atoms with Gasteiger partial charge in [0, 0.05) is 23.9 Å². The van der Waals surface area contributed by atoms with Crippen molar-refractivity contribution in [1.82, 2.24) is 5.32 Å². The molecule has 0 radical (unpaired) electrons. The second-order valence-corrected chi connectivity index (χ2v) is 7.57. The third-order valence-corrected chi connectivity index (χ3v) is 6.12. The van der Waals surface area contributed by atoms with Gasteiger partial charge in [-0.3, -0.25) is 4.79 Å². The van der Waals surface area contributed by atoms with E-state index >= 15 is 0 Å². The second-order valence-electron chi connectivity index (χ2n) is 7.57. The molecule has 4 atom stereocenters. The molecule has 1 aliphatic heterocycles. The van der Waals surface area contributed by atoms with Crippen LogP contribution < -0.4 is 14.8 Å². The lowest BCUT2D eigenvalue weighted by molar-refractivity contribution is -0.131. The molecule has 142 valence electrons. The van der Waals surface area contributed by atoms with Gasteiger partial charge in [0.2, 0.25) is 0 Å². The van der Waals surface area contributed by atoms with Gasteiger partial charge in [-0.25, -0.2) is 0 Å². The van der Waals surface area contributed by atoms with Gasteiger partial charge in [0.15, 0.2) is 0 Å². The summed E-state index contributed by atoms with van der Waals surface area (Å²) in [5, 5.41) is 3.83. The van der Waals surface area contributed by atoms with Gasteiger partial charge in [-0.1, -0.05) is 37.1 Å². The Kier molecular flexibility index (Phi) is 5.17. The van der Waals surface area contributed by atoms with Crippen LogP contribution in [0, 0.1) is 11.8 Å². The number of fused-ring (bicyclic) bond motifs is 2. The SMILES string of the molecule is COc1ccc(C2NC(c3ccc(OC)cc3)C3CCCCC2C3=O)cc1. The molecule has 27 heavy (non-hydrogen) atoms. The Morgan fingerprint density at radius 2 is 1.15 bits per heavy atom. The average Bonchev–Trinajstić information content (AvgIpc) is 2.84. The molecule has 1 aliphatic carbocycles. The smallest absolute Gasteiger partial charge is 0.142 e. The maximum atomic E-state index is 13.4. The van der Waals surface area contributed by atoms with Gasteiger partial charge >= 0.3 is 0 Å². The molecule has 0 spiro atoms. The highest BCUT2D eigenvalue weighted by Gasteiger charge is 2.45. The molecule has 4 nitrogen and oxygen atoms in total. The lowest BCUT2D eigenvalue weighted by atomic mass is 9.74. The summed E-state index contributed by atoms with van der Waals surface area (Å²) in [5.74, 6) is 2.21. The number of hydrogen-bond donors (Lipinski definition) is 1. The van der Waals surface area contributed by atoms with E-state index in [1.807, 2.05) is 24.3 Å². The van der Waals surface area contributed by atoms with Gasteiger partial charge in [0.25, 0.3) is 0 Å². The number of hydrogen-bond acceptors (Lipinski definition) is 4. The van der Waals surface area contributed by atoms with Crippen molar-refractivity contribution in [1.29, 1.82) is 0 Å². The molecule has 4 rings (SSSR count). The number of carbonyl (C=O) groups excluding carboxylic acids is 1. The number of methoxy groups -OCH3 is 2. The van der Waals surface area contributed by atoms with Crippen molar-refractivity contribution in [3.63, 3.8) is 0 Å². The summed E-state index contributed by atoms with van der Waals surface area (Å²) in [6, 6.07) is 16.3. The summed E-state index contributed by atoms with van der Waals surface area (Å²) in [7, 11) is 3.35. The molecule has 1 saturated heterocycles. The Labute approximate surface area is 160 Å². The van der Waals surface area contributed by atoms with Crippen LogP contribution in [0.3, 0.4) is 0 Å². The first kappa shape index (κ1) is 18.1. The van der Waals surface area contributed by atoms with Gasteiger partial charge in [-0.05, 0) is 48.2 Å². The maximum absolute atomic E-state index is 13.4. The third kappa shape index (κ3) is 3.46. The van der Waals surface area contributed by atoms with Crippen LogP contribution in [-0.2, 0) is 4.79 Å². The van der Waals surface area contributed by atoms with Crippen LogP contribution >= 0.6 is 0 Å². The maximum Gasteiger partial charge on any atom is 0.142 e. The van der Waals surface area contributed by atoms with Crippen molar-refractivity contribution in [3.05, 3.63) is 59.7 Å². The minimum atomic E-state index is 0.0462. The number of benzene rings is 2. The molecule has 2 aliphatic rings. The van der Waals surface area contributed by atoms with Crippen LogP contribution in [0.1, 0.15) is 48.9 Å². The van der Waals surface area contributed by atoms with Gasteiger partial charge in [-0.15, -0.1) is 0 Å². The number of carbonyl (C=O) groups is 1. The van der Waals surface area contributed by atoms with E-state index < -0.39 is 0 Å². The predicted octanol–water partition coefficient (Wildman–Crippen LogP) is 4.46. The minimum Gasteiger partial charge on any atom is -0.497 e. The van der Waals surface area contributed by atoms with Crippen molar-refractivity contribution in [2.45, 2.75) is 37.8 Å². The number of Topliss-reactive ketones (excluding diaryl/α,β-unsaturated/α-hetero) is 1. The van der Waals surface area contributed by atoms with E-state index in [1.54, 1.807) is 14.2 Å². The first-order chi connectivity index (χ1) is 13.2. The molecule has 0 amide bonds. The summed E-state index contributed by atoms with van der Waals surface area (Å²) < 4.78 is 10.6. The van der Waals surface area contributed by atoms with Crippen LogP contribution in [-0.4, -0.2) is 20.0 Å². The van der Waals surface area contributed by atoms with Gasteiger partial charge < -0.3 is 14.8 Å². The number of ether oxygens (including phenoxy) is 2. The summed E-state index contributed by atoms with van der Waals surface area (Å²) >= 11 is 0. The predicted molar refractivity (Wildman–Crippen MR) is 105 cm³/mol. The third-order valence-electron chi connectivity index (χ3n) is 6.12. The van der Waals surface area contributed by atoms with Crippen molar-refractivity contribution in [3.8, 4) is 11.5 Å². The number of nitrogens with one attached hydrogen (secondary N) is 1. The average molecular weight is 365 g/mol. The van der Waals surface area contributed by atoms with Crippen molar-refractivity contribution in [2.24, 2.45) is 11.8 Å². The van der Waals surface area contributed by atoms with Crippen molar-refractivity contribution >= 4 is 5.78 Å². The van der Waals surface area contributed by atoms with Gasteiger partial charge in [-0.2, -0.15) is 0 Å². The van der Waals surface area contributed by atoms with Crippen molar-refractivity contribution in [2.75, 3.05) is 14.2 Å². The van der Waals surface area contributed by atoms with E-state index in [2.05, 4.69) is 29.6 Å². The second kappa shape index (κ2) is 7.73. The molecule has 2 aromatic carbocycles. The quantitative estimate of drug-likeness (QED) is 0.869. The first-order valence-electron chi connectivity index (χ1n) is 9.79. The molecule has 2 fully saturated rings. The Morgan fingerprint density at radius 3 is 1.52 bits per heavy atom. The highest BCUT2D eigenvalue weighted by atomic mass is 16.5. The van der Waals surface area contributed by atoms with E-state index in [4.69, 9.17) is 9.47 Å². The van der Waals surface area contributed by atoms with E-state index in [-0.39, 0.29) is 23.9 Å². The topological polar surface area (TPSA) is 47.6 Å². The summed E-state index contributed by atoms with van der Waals surface area (Å²) in [4.78, 5) is 13.4. The van der Waals surface area contributed by atoms with Gasteiger partial charge in [0.05, 0.1) is 14.2 Å². The van der Waals surface area contributed by atoms with Crippen LogP contribution in [0.4, 0.5) is 0 Å². The largest absolute Gasteiger partial charge is 0.497 e. The standard InChI is InChI=1S/C23H27NO3/c1-26-17-11-7-15(8-12-17)21-19-5-3-4-6-20(23(19)25)22(24-21)16-9-13-18(27-2)14-10-16/h7-14,19-22,24H,3-6H2,1-2H3. The van der Waals surface area contributed by atoms with Crippen LogP contribution in [0.2, 0.25) is 0 Å². The molecule has 2 bridgehead atoms. The Hall–Kier alpha value is -2.33. The number of ketones is 1. The highest BCUT2D eigenvalue weighted by Crippen LogP contribution is 2.44. The van der Waals surface area contributed by atoms with Gasteiger partial charge in [0.1, 0.15) is 17.3 Å². The monoisotopic (exact) mass is 365 g/mol. The highest BCUT2D eigenvalue weighted by molar-refractivity contribution is 5.86. The fourth-order valence-corrected chi connectivity index (χ4v) is 4.66. The Morgan fingerprint density at radius 1 is 0.741 bits per heavy atom. The fraction of sp³-hybridized carbons (Fsp3) is 0.435. The molecule has 2 aromatic rings. The molecule has 4 heteroatoms. The molecular weight excluding hydrogens is 338 g/mol. The van der Waals surface area contributed by atoms with E-state index in [0.717, 1.165) is 48.3 Å². The fourth-order valence-electron chi connectivity index (χ4n) is 4.66. The molecule has 1 heterocycles. The van der Waals surface area contributed by atoms with Crippen LogP contribution in [0.25, 0.3) is 0 Å². The molecular formula is C23H27NO3. The zero-order valence-electron chi connectivity index (χ0n) is 16.0. The zero-order valence-corrected chi connectivity index (χ0v) is 16.0. The van der Waals surface area contributed by atoms with E-state index in [1.165, 1.54) is 0 Å². The number of piperidine rings is 1. The number of rotatable bonds is 4. The first-order valence-corrected chi connectivity index (χ1v) is 9.79. The lowest BCUT2D eigenvalue weighted by Gasteiger charge is -2.41. The Bertz CT molecular complexity index is 719. The molecule has 1 N–H and O–H groups in total. The van der Waals surface area contributed by atoms with Crippen LogP contribution in [0.15, 0.2) is 48.5 Å². The molecule has 4 unspecified atom stereocenters. The van der Waals surface area contributed by atoms with E-state index in [0.29, 0.717) is 5.78 Å². The van der Waals surface area contributed by atoms with E-state index in [9.17, 15) is 4.79 Å². The summed E-state index contributed by atoms with van der Waals surface area (Å²) in [5.41, 5.74) is 2.32. The lowest BCUT2D eigenvalue weighted by Crippen LogP contribution is -2.47. The summed E-state index contributed by atoms with van der Waals surface area (Å²) in [6.07, 6.45) is 4.18. The normalized spacial score (nSPS) is 27.7. The zero-order chi connectivity index (χ0) is 18.8. The minimum absolute atomic E-state index is 0.0462. The van der Waals surface area contributed by atoms with Crippen LogP contribution in [0.5, 0.6) is 11.5 Å². The van der Waals surface area contributed by atoms with Crippen molar-refractivity contribution < 1.29 is 14.3 Å². The molecule has 1 saturated carbocycles.